The zero-order chi connectivity index (χ0) is 11.8. The van der Waals surface area contributed by atoms with E-state index < -0.39 is 18.1 Å². The van der Waals surface area contributed by atoms with E-state index in [1.54, 1.807) is 6.92 Å². The van der Waals surface area contributed by atoms with Gasteiger partial charge < -0.3 is 9.64 Å². The molecule has 0 amide bonds. The number of hydrogen-bond donors (Lipinski definition) is 0. The van der Waals surface area contributed by atoms with E-state index in [1.807, 2.05) is 0 Å². The van der Waals surface area contributed by atoms with E-state index in [0.29, 0.717) is 5.57 Å². The van der Waals surface area contributed by atoms with Crippen LogP contribution in [-0.2, 0) is 4.74 Å². The lowest BCUT2D eigenvalue weighted by molar-refractivity contribution is -0.125. The summed E-state index contributed by atoms with van der Waals surface area (Å²) in [5, 5.41) is -0.309. The lowest BCUT2D eigenvalue weighted by Gasteiger charge is -2.35. The summed E-state index contributed by atoms with van der Waals surface area (Å²) in [7, 11) is 2.65. The van der Waals surface area contributed by atoms with Crippen LogP contribution in [-0.4, -0.2) is 31.5 Å². The van der Waals surface area contributed by atoms with E-state index in [-0.39, 0.29) is 5.03 Å². The van der Waals surface area contributed by atoms with Gasteiger partial charge in [-0.25, -0.2) is 0 Å². The lowest BCUT2D eigenvalue weighted by Crippen LogP contribution is -2.41. The van der Waals surface area contributed by atoms with Gasteiger partial charge in [0.1, 0.15) is 5.70 Å². The number of nitrogens with zero attached hydrogens (tertiary/aromatic N) is 1. The van der Waals surface area contributed by atoms with Gasteiger partial charge in [-0.2, -0.15) is 13.2 Å². The number of alkyl halides is 3. The molecule has 1 rings (SSSR count). The molecule has 1 aliphatic heterocycles. The second kappa shape index (κ2) is 4.06. The van der Waals surface area contributed by atoms with Gasteiger partial charge in [-0.1, -0.05) is 11.6 Å². The average Bonchev–Trinajstić information content (AvgIpc) is 2.00. The van der Waals surface area contributed by atoms with Crippen LogP contribution in [0.5, 0.6) is 0 Å². The van der Waals surface area contributed by atoms with Gasteiger partial charge in [0.15, 0.2) is 6.23 Å². The molecule has 2 nitrogen and oxygen atoms in total. The zero-order valence-electron chi connectivity index (χ0n) is 8.52. The first-order valence-corrected chi connectivity index (χ1v) is 4.57. The van der Waals surface area contributed by atoms with Gasteiger partial charge in [-0.3, -0.25) is 0 Å². The first-order valence-electron chi connectivity index (χ1n) is 4.19. The highest BCUT2D eigenvalue weighted by molar-refractivity contribution is 6.31. The Hall–Kier alpha value is -0.680. The van der Waals surface area contributed by atoms with Crippen LogP contribution in [0.15, 0.2) is 22.4 Å². The third kappa shape index (κ3) is 2.29. The quantitative estimate of drug-likeness (QED) is 0.700. The van der Waals surface area contributed by atoms with Crippen molar-refractivity contribution in [1.29, 1.82) is 0 Å². The number of methoxy groups -OCH3 is 1. The Morgan fingerprint density at radius 2 is 2.00 bits per heavy atom. The Labute approximate surface area is 90.9 Å². The van der Waals surface area contributed by atoms with Gasteiger partial charge in [0.05, 0.1) is 5.03 Å². The molecular formula is C9H11ClF3NO. The van der Waals surface area contributed by atoms with E-state index in [2.05, 4.69) is 0 Å². The average molecular weight is 242 g/mol. The minimum Gasteiger partial charge on any atom is -0.358 e. The summed E-state index contributed by atoms with van der Waals surface area (Å²) < 4.78 is 42.8. The Morgan fingerprint density at radius 3 is 2.40 bits per heavy atom. The predicted molar refractivity (Wildman–Crippen MR) is 51.3 cm³/mol. The summed E-state index contributed by atoms with van der Waals surface area (Å²) in [5.74, 6) is 0. The molecule has 15 heavy (non-hydrogen) atoms. The van der Waals surface area contributed by atoms with Gasteiger partial charge in [0.25, 0.3) is 0 Å². The summed E-state index contributed by atoms with van der Waals surface area (Å²) in [6, 6.07) is 0. The van der Waals surface area contributed by atoms with Crippen LogP contribution in [0.3, 0.4) is 0 Å². The smallest absolute Gasteiger partial charge is 0.358 e. The van der Waals surface area contributed by atoms with Gasteiger partial charge in [0, 0.05) is 14.2 Å². The van der Waals surface area contributed by atoms with Crippen LogP contribution in [0, 0.1) is 0 Å². The van der Waals surface area contributed by atoms with Crippen molar-refractivity contribution in [2.24, 2.45) is 0 Å². The van der Waals surface area contributed by atoms with Gasteiger partial charge in [-0.15, -0.1) is 0 Å². The third-order valence-corrected chi connectivity index (χ3v) is 2.45. The van der Waals surface area contributed by atoms with Crippen LogP contribution < -0.4 is 0 Å². The monoisotopic (exact) mass is 241 g/mol. The number of ether oxygens (including phenoxy) is 1. The molecule has 0 bridgehead atoms. The second-order valence-electron chi connectivity index (χ2n) is 3.28. The topological polar surface area (TPSA) is 12.5 Å². The van der Waals surface area contributed by atoms with Gasteiger partial charge in [-0.05, 0) is 18.6 Å². The fraction of sp³-hybridized carbons (Fsp3) is 0.556. The minimum atomic E-state index is -4.47. The number of halogens is 4. The van der Waals surface area contributed by atoms with Crippen molar-refractivity contribution in [1.82, 2.24) is 4.90 Å². The molecule has 86 valence electrons. The molecule has 1 aliphatic rings. The fourth-order valence-electron chi connectivity index (χ4n) is 1.61. The maximum absolute atomic E-state index is 12.6. The molecule has 0 saturated carbocycles. The number of rotatable bonds is 1. The minimum absolute atomic E-state index is 0.309. The highest BCUT2D eigenvalue weighted by atomic mass is 35.5. The van der Waals surface area contributed by atoms with Crippen molar-refractivity contribution in [3.63, 3.8) is 0 Å². The summed E-state index contributed by atoms with van der Waals surface area (Å²) in [6.07, 6.45) is -3.91. The second-order valence-corrected chi connectivity index (χ2v) is 3.69. The van der Waals surface area contributed by atoms with Crippen LogP contribution in [0.4, 0.5) is 13.2 Å². The molecule has 0 aromatic carbocycles. The SMILES string of the molecule is COC1C(C)=CC(Cl)=C(C(F)(F)F)N1C. The van der Waals surface area contributed by atoms with E-state index in [1.165, 1.54) is 20.2 Å². The molecule has 1 atom stereocenters. The van der Waals surface area contributed by atoms with E-state index in [9.17, 15) is 13.2 Å². The van der Waals surface area contributed by atoms with Crippen molar-refractivity contribution in [2.45, 2.75) is 19.3 Å². The van der Waals surface area contributed by atoms with E-state index in [4.69, 9.17) is 16.3 Å². The van der Waals surface area contributed by atoms with E-state index >= 15 is 0 Å². The molecule has 0 spiro atoms. The van der Waals surface area contributed by atoms with Crippen molar-refractivity contribution in [2.75, 3.05) is 14.2 Å². The molecule has 6 heteroatoms. The standard InChI is InChI=1S/C9H11ClF3NO/c1-5-4-6(10)7(9(11,12)13)14(2)8(5)15-3/h4,8H,1-3H3. The first kappa shape index (κ1) is 12.4. The van der Waals surface area contributed by atoms with Crippen molar-refractivity contribution < 1.29 is 17.9 Å². The van der Waals surface area contributed by atoms with E-state index in [0.717, 1.165) is 4.90 Å². The van der Waals surface area contributed by atoms with Crippen LogP contribution in [0.2, 0.25) is 0 Å². The number of allylic oxidation sites excluding steroid dienone is 3. The summed E-state index contributed by atoms with van der Waals surface area (Å²) in [6.45, 7) is 1.67. The Kier molecular flexibility index (Phi) is 3.35. The normalized spacial score (nSPS) is 23.3. The third-order valence-electron chi connectivity index (χ3n) is 2.17. The molecule has 0 radical (unpaired) electrons. The van der Waals surface area contributed by atoms with Gasteiger partial charge >= 0.3 is 6.18 Å². The molecular weight excluding hydrogens is 231 g/mol. The fourth-order valence-corrected chi connectivity index (χ4v) is 2.02. The predicted octanol–water partition coefficient (Wildman–Crippen LogP) is 2.86. The molecule has 0 N–H and O–H groups in total. The molecule has 0 aromatic rings. The molecule has 1 heterocycles. The lowest BCUT2D eigenvalue weighted by atomic mass is 10.1. The van der Waals surface area contributed by atoms with Crippen LogP contribution >= 0.6 is 11.6 Å². The molecule has 1 unspecified atom stereocenters. The van der Waals surface area contributed by atoms with Crippen molar-refractivity contribution in [3.05, 3.63) is 22.4 Å². The summed E-state index contributed by atoms with van der Waals surface area (Å²) in [4.78, 5) is 0.984. The van der Waals surface area contributed by atoms with Crippen LogP contribution in [0.25, 0.3) is 0 Å². The maximum atomic E-state index is 12.6. The van der Waals surface area contributed by atoms with Crippen molar-refractivity contribution in [3.8, 4) is 0 Å². The maximum Gasteiger partial charge on any atom is 0.432 e. The molecule has 0 aromatic heterocycles. The first-order chi connectivity index (χ1) is 6.79. The molecule has 0 aliphatic carbocycles. The van der Waals surface area contributed by atoms with Crippen molar-refractivity contribution >= 4 is 11.6 Å². The summed E-state index contributed by atoms with van der Waals surface area (Å²) >= 11 is 5.57. The number of likely N-dealkylation sites (N-methyl/N-ethyl adjacent to an activating group) is 1. The van der Waals surface area contributed by atoms with Crippen LogP contribution in [0.1, 0.15) is 6.92 Å². The number of hydrogen-bond acceptors (Lipinski definition) is 2. The summed E-state index contributed by atoms with van der Waals surface area (Å²) in [5.41, 5.74) is -0.236. The highest BCUT2D eigenvalue weighted by Crippen LogP contribution is 2.37. The Bertz CT molecular complexity index is 322. The molecule has 0 saturated heterocycles. The Morgan fingerprint density at radius 1 is 1.47 bits per heavy atom. The molecule has 0 fully saturated rings. The van der Waals surface area contributed by atoms with Gasteiger partial charge in [0.2, 0.25) is 0 Å². The highest BCUT2D eigenvalue weighted by Gasteiger charge is 2.42. The Balaban J connectivity index is 3.19. The zero-order valence-corrected chi connectivity index (χ0v) is 9.28. The largest absolute Gasteiger partial charge is 0.432 e.